The average molecular weight is 443 g/mol. The summed E-state index contributed by atoms with van der Waals surface area (Å²) in [6, 6.07) is 8.51. The van der Waals surface area contributed by atoms with Crippen molar-refractivity contribution in [1.82, 2.24) is 14.7 Å². The maximum atomic E-state index is 13.0. The summed E-state index contributed by atoms with van der Waals surface area (Å²) in [5.74, 6) is 0.0965. The molecular formula is C23H30N4O3S. The molecule has 4 rings (SSSR count). The van der Waals surface area contributed by atoms with Gasteiger partial charge in [0.25, 0.3) is 0 Å². The number of nitrogens with one attached hydrogen (secondary N) is 1. The molecule has 1 aromatic heterocycles. The number of methoxy groups -OCH3 is 1. The van der Waals surface area contributed by atoms with Crippen LogP contribution in [0.2, 0.25) is 0 Å². The van der Waals surface area contributed by atoms with Crippen molar-refractivity contribution >= 4 is 23.1 Å². The molecule has 1 fully saturated rings. The number of carbonyl (C=O) groups is 1. The maximum Gasteiger partial charge on any atom is 0.360 e. The molecule has 31 heavy (non-hydrogen) atoms. The predicted molar refractivity (Wildman–Crippen MR) is 121 cm³/mol. The van der Waals surface area contributed by atoms with Gasteiger partial charge in [0.15, 0.2) is 11.5 Å². The lowest BCUT2D eigenvalue weighted by Crippen LogP contribution is -2.50. The molecular weight excluding hydrogens is 412 g/mol. The SMILES string of the molecule is COC(=O)c1nccnc1N1CCC2(CC1)Cc1ccccc1[C@H]2N[S+]([O-])C(C)(C)C. The number of aromatic nitrogens is 2. The van der Waals surface area contributed by atoms with Crippen LogP contribution in [0.4, 0.5) is 5.82 Å². The Kier molecular flexibility index (Phi) is 5.98. The van der Waals surface area contributed by atoms with Crippen LogP contribution in [0.5, 0.6) is 0 Å². The fraction of sp³-hybridized carbons (Fsp3) is 0.522. The highest BCUT2D eigenvalue weighted by Crippen LogP contribution is 2.52. The number of hydrogen-bond donors (Lipinski definition) is 1. The fourth-order valence-corrected chi connectivity index (χ4v) is 5.64. The molecule has 0 amide bonds. The normalized spacial score (nSPS) is 21.1. The molecule has 1 spiro atoms. The van der Waals surface area contributed by atoms with Crippen molar-refractivity contribution in [2.45, 2.75) is 50.8 Å². The van der Waals surface area contributed by atoms with Crippen LogP contribution in [0.3, 0.4) is 0 Å². The number of hydrogen-bond acceptors (Lipinski definition) is 7. The first-order valence-electron chi connectivity index (χ1n) is 10.7. The smallest absolute Gasteiger partial charge is 0.360 e. The Labute approximate surface area is 186 Å². The summed E-state index contributed by atoms with van der Waals surface area (Å²) in [5, 5.41) is 0. The summed E-state index contributed by atoms with van der Waals surface area (Å²) in [6.45, 7) is 7.48. The molecule has 0 saturated carbocycles. The van der Waals surface area contributed by atoms with E-state index in [1.54, 1.807) is 6.20 Å². The van der Waals surface area contributed by atoms with Gasteiger partial charge in [-0.15, -0.1) is 4.72 Å². The number of esters is 1. The van der Waals surface area contributed by atoms with Crippen molar-refractivity contribution in [3.05, 3.63) is 53.5 Å². The Morgan fingerprint density at radius 2 is 1.90 bits per heavy atom. The molecule has 166 valence electrons. The van der Waals surface area contributed by atoms with Crippen LogP contribution in [-0.4, -0.2) is 45.4 Å². The van der Waals surface area contributed by atoms with Gasteiger partial charge in [-0.05, 0) is 51.2 Å². The molecule has 2 aromatic rings. The quantitative estimate of drug-likeness (QED) is 0.574. The summed E-state index contributed by atoms with van der Waals surface area (Å²) in [7, 11) is 1.35. The molecule has 2 atom stereocenters. The number of anilines is 1. The molecule has 7 nitrogen and oxygen atoms in total. The van der Waals surface area contributed by atoms with Gasteiger partial charge in [0.2, 0.25) is 0 Å². The fourth-order valence-electron chi connectivity index (χ4n) is 4.69. The van der Waals surface area contributed by atoms with Gasteiger partial charge in [0.05, 0.1) is 13.2 Å². The van der Waals surface area contributed by atoms with Crippen molar-refractivity contribution in [1.29, 1.82) is 0 Å². The van der Waals surface area contributed by atoms with Crippen LogP contribution in [0.15, 0.2) is 36.7 Å². The molecule has 8 heteroatoms. The summed E-state index contributed by atoms with van der Waals surface area (Å²) >= 11 is -1.17. The van der Waals surface area contributed by atoms with Crippen molar-refractivity contribution < 1.29 is 14.1 Å². The van der Waals surface area contributed by atoms with E-state index in [1.165, 1.54) is 24.4 Å². The Morgan fingerprint density at radius 1 is 1.23 bits per heavy atom. The molecule has 2 heterocycles. The van der Waals surface area contributed by atoms with E-state index in [0.717, 1.165) is 32.4 Å². The monoisotopic (exact) mass is 442 g/mol. The zero-order valence-electron chi connectivity index (χ0n) is 18.6. The Morgan fingerprint density at radius 3 is 2.58 bits per heavy atom. The maximum absolute atomic E-state index is 13.0. The molecule has 1 aromatic carbocycles. The largest absolute Gasteiger partial charge is 0.598 e. The lowest BCUT2D eigenvalue weighted by molar-refractivity contribution is 0.0594. The van der Waals surface area contributed by atoms with Crippen LogP contribution in [0.1, 0.15) is 61.3 Å². The summed E-state index contributed by atoms with van der Waals surface area (Å²) in [5.41, 5.74) is 2.81. The lowest BCUT2D eigenvalue weighted by Gasteiger charge is -2.44. The van der Waals surface area contributed by atoms with Gasteiger partial charge in [0.1, 0.15) is 4.75 Å². The van der Waals surface area contributed by atoms with E-state index in [4.69, 9.17) is 4.74 Å². The van der Waals surface area contributed by atoms with Crippen LogP contribution in [-0.2, 0) is 22.5 Å². The van der Waals surface area contributed by atoms with Crippen LogP contribution < -0.4 is 9.62 Å². The van der Waals surface area contributed by atoms with E-state index in [-0.39, 0.29) is 21.9 Å². The summed E-state index contributed by atoms with van der Waals surface area (Å²) in [4.78, 5) is 22.9. The van der Waals surface area contributed by atoms with Gasteiger partial charge in [-0.3, -0.25) is 0 Å². The number of nitrogens with zero attached hydrogens (tertiary/aromatic N) is 3. The van der Waals surface area contributed by atoms with Gasteiger partial charge in [-0.2, -0.15) is 0 Å². The highest BCUT2D eigenvalue weighted by molar-refractivity contribution is 7.90. The van der Waals surface area contributed by atoms with Crippen molar-refractivity contribution in [3.63, 3.8) is 0 Å². The van der Waals surface area contributed by atoms with E-state index < -0.39 is 17.3 Å². The summed E-state index contributed by atoms with van der Waals surface area (Å²) in [6.07, 6.45) is 5.88. The zero-order chi connectivity index (χ0) is 22.2. The highest BCUT2D eigenvalue weighted by Gasteiger charge is 2.50. The number of carbonyl (C=O) groups excluding carboxylic acids is 1. The molecule has 1 unspecified atom stereocenters. The molecule has 2 aliphatic rings. The number of ether oxygens (including phenoxy) is 1. The molecule has 1 aliphatic heterocycles. The Bertz CT molecular complexity index is 954. The minimum absolute atomic E-state index is 0.0191. The first kappa shape index (κ1) is 22.0. The van der Waals surface area contributed by atoms with Gasteiger partial charge >= 0.3 is 5.97 Å². The number of rotatable bonds is 4. The first-order valence-corrected chi connectivity index (χ1v) is 11.8. The Hall–Kier alpha value is -2.16. The van der Waals surface area contributed by atoms with E-state index in [1.807, 2.05) is 20.8 Å². The first-order chi connectivity index (χ1) is 14.7. The second-order valence-corrected chi connectivity index (χ2v) is 11.4. The van der Waals surface area contributed by atoms with Crippen molar-refractivity contribution in [2.24, 2.45) is 5.41 Å². The number of piperidine rings is 1. The number of benzene rings is 1. The molecule has 1 N–H and O–H groups in total. The van der Waals surface area contributed by atoms with Crippen molar-refractivity contribution in [3.8, 4) is 0 Å². The van der Waals surface area contributed by atoms with Gasteiger partial charge in [-0.1, -0.05) is 24.3 Å². The standard InChI is InChI=1S/C23H30N4O3S/c1-22(2,3)31(29)26-19-17-8-6-5-7-16(17)15-23(19)9-13-27(14-10-23)20-18(21(28)30-4)24-11-12-25-20/h5-8,11-12,19,26H,9-10,13-15H2,1-4H3/t19-,31?/m1/s1. The molecule has 0 bridgehead atoms. The lowest BCUT2D eigenvalue weighted by atomic mass is 9.73. The second-order valence-electron chi connectivity index (χ2n) is 9.38. The second kappa shape index (κ2) is 8.41. The highest BCUT2D eigenvalue weighted by atomic mass is 32.2. The van der Waals surface area contributed by atoms with Crippen LogP contribution >= 0.6 is 0 Å². The van der Waals surface area contributed by atoms with Crippen molar-refractivity contribution in [2.75, 3.05) is 25.1 Å². The van der Waals surface area contributed by atoms with E-state index in [2.05, 4.69) is 43.9 Å². The zero-order valence-corrected chi connectivity index (χ0v) is 19.4. The predicted octanol–water partition coefficient (Wildman–Crippen LogP) is 3.20. The Balaban J connectivity index is 1.59. The molecule has 0 radical (unpaired) electrons. The average Bonchev–Trinajstić information content (AvgIpc) is 3.06. The van der Waals surface area contributed by atoms with E-state index >= 15 is 0 Å². The minimum atomic E-state index is -1.17. The van der Waals surface area contributed by atoms with Gasteiger partial charge < -0.3 is 14.2 Å². The topological polar surface area (TPSA) is 90.4 Å². The summed E-state index contributed by atoms with van der Waals surface area (Å²) < 4.78 is 21.0. The van der Waals surface area contributed by atoms with Crippen LogP contribution in [0.25, 0.3) is 0 Å². The van der Waals surface area contributed by atoms with E-state index in [9.17, 15) is 9.35 Å². The number of fused-ring (bicyclic) bond motifs is 1. The van der Waals surface area contributed by atoms with Gasteiger partial charge in [0, 0.05) is 42.3 Å². The van der Waals surface area contributed by atoms with Crippen LogP contribution in [0, 0.1) is 5.41 Å². The van der Waals surface area contributed by atoms with E-state index in [0.29, 0.717) is 5.82 Å². The molecule has 1 aliphatic carbocycles. The van der Waals surface area contributed by atoms with Gasteiger partial charge in [-0.25, -0.2) is 14.8 Å². The third-order valence-electron chi connectivity index (χ3n) is 6.42. The molecule has 1 saturated heterocycles. The third-order valence-corrected chi connectivity index (χ3v) is 7.98. The third kappa shape index (κ3) is 4.16. The minimum Gasteiger partial charge on any atom is -0.598 e.